The average Bonchev–Trinajstić information content (AvgIpc) is 2.80. The van der Waals surface area contributed by atoms with Gasteiger partial charge in [0.2, 0.25) is 29.4 Å². The zero-order valence-electron chi connectivity index (χ0n) is 21.6. The highest BCUT2D eigenvalue weighted by Gasteiger charge is 2.35. The average molecular weight is 504 g/mol. The van der Waals surface area contributed by atoms with Crippen molar-refractivity contribution in [2.75, 3.05) is 0 Å². The van der Waals surface area contributed by atoms with E-state index in [2.05, 4.69) is 21.3 Å². The van der Waals surface area contributed by atoms with Crippen LogP contribution in [0.5, 0.6) is 0 Å². The van der Waals surface area contributed by atoms with Crippen molar-refractivity contribution in [2.45, 2.75) is 78.0 Å². The molecular formula is C25H37N5O6. The van der Waals surface area contributed by atoms with Crippen LogP contribution in [0, 0.1) is 5.92 Å². The number of hydrogen-bond donors (Lipinski definition) is 5. The summed E-state index contributed by atoms with van der Waals surface area (Å²) in [5, 5.41) is 9.90. The summed E-state index contributed by atoms with van der Waals surface area (Å²) in [5.41, 5.74) is 4.74. The van der Waals surface area contributed by atoms with Crippen molar-refractivity contribution < 1.29 is 28.8 Å². The molecule has 11 nitrogen and oxygen atoms in total. The first-order valence-electron chi connectivity index (χ1n) is 11.8. The first-order valence-corrected chi connectivity index (χ1v) is 11.8. The molecule has 1 aromatic carbocycles. The van der Waals surface area contributed by atoms with E-state index in [0.29, 0.717) is 6.42 Å². The first kappa shape index (κ1) is 30.3. The highest BCUT2D eigenvalue weighted by Crippen LogP contribution is 2.11. The van der Waals surface area contributed by atoms with Crippen LogP contribution in [0.1, 0.15) is 53.5 Å². The summed E-state index contributed by atoms with van der Waals surface area (Å²) >= 11 is 0. The summed E-state index contributed by atoms with van der Waals surface area (Å²) in [6, 6.07) is 5.70. The number of hydrogen-bond acceptors (Lipinski definition) is 6. The second-order valence-corrected chi connectivity index (χ2v) is 9.35. The van der Waals surface area contributed by atoms with Gasteiger partial charge >= 0.3 is 0 Å². The Labute approximate surface area is 211 Å². The maximum Gasteiger partial charge on any atom is 0.290 e. The Morgan fingerprint density at radius 3 is 2.00 bits per heavy atom. The third kappa shape index (κ3) is 9.12. The maximum absolute atomic E-state index is 12.8. The molecule has 0 aliphatic heterocycles. The fraction of sp³-hybridized carbons (Fsp3) is 0.520. The minimum atomic E-state index is -1.36. The van der Waals surface area contributed by atoms with Crippen LogP contribution in [-0.2, 0) is 35.2 Å². The normalized spacial score (nSPS) is 14.4. The molecule has 0 aliphatic carbocycles. The number of carbonyl (C=O) groups is 6. The molecule has 0 heterocycles. The molecule has 36 heavy (non-hydrogen) atoms. The van der Waals surface area contributed by atoms with Gasteiger partial charge in [0.15, 0.2) is 0 Å². The smallest absolute Gasteiger partial charge is 0.290 e. The Balaban J connectivity index is 2.92. The SMILES string of the molecule is CC[C@H](C)[C@H](NC(=O)C(=O)C(C)NC(=O)[C@H](Cc1ccccc1)NC(C)=O)C(=O)NC(C)(C)C(N)=O. The van der Waals surface area contributed by atoms with E-state index in [1.807, 2.05) is 6.07 Å². The lowest BCUT2D eigenvalue weighted by molar-refractivity contribution is -0.142. The van der Waals surface area contributed by atoms with Crippen LogP contribution in [0.4, 0.5) is 0 Å². The first-order chi connectivity index (χ1) is 16.7. The van der Waals surface area contributed by atoms with Gasteiger partial charge in [-0.1, -0.05) is 50.6 Å². The van der Waals surface area contributed by atoms with Crippen LogP contribution in [0.15, 0.2) is 30.3 Å². The second kappa shape index (κ2) is 13.4. The van der Waals surface area contributed by atoms with Gasteiger partial charge in [0, 0.05) is 13.3 Å². The van der Waals surface area contributed by atoms with E-state index in [1.165, 1.54) is 27.7 Å². The molecule has 1 aromatic rings. The molecule has 0 aliphatic rings. The Hall–Kier alpha value is -3.76. The molecule has 0 saturated heterocycles. The van der Waals surface area contributed by atoms with Crippen LogP contribution >= 0.6 is 0 Å². The minimum Gasteiger partial charge on any atom is -0.368 e. The van der Waals surface area contributed by atoms with Crippen molar-refractivity contribution in [1.82, 2.24) is 21.3 Å². The van der Waals surface area contributed by atoms with Gasteiger partial charge in [-0.3, -0.25) is 28.8 Å². The van der Waals surface area contributed by atoms with Crippen molar-refractivity contribution in [3.05, 3.63) is 35.9 Å². The van der Waals surface area contributed by atoms with Crippen molar-refractivity contribution in [2.24, 2.45) is 11.7 Å². The second-order valence-electron chi connectivity index (χ2n) is 9.35. The van der Waals surface area contributed by atoms with Crippen molar-refractivity contribution >= 4 is 35.3 Å². The molecule has 0 bridgehead atoms. The number of carbonyl (C=O) groups excluding carboxylic acids is 6. The van der Waals surface area contributed by atoms with E-state index in [1.54, 1.807) is 38.1 Å². The number of nitrogens with one attached hydrogen (secondary N) is 4. The molecule has 0 aromatic heterocycles. The molecule has 4 atom stereocenters. The van der Waals surface area contributed by atoms with Crippen LogP contribution < -0.4 is 27.0 Å². The van der Waals surface area contributed by atoms with E-state index in [9.17, 15) is 28.8 Å². The molecular weight excluding hydrogens is 466 g/mol. The number of benzene rings is 1. The van der Waals surface area contributed by atoms with Gasteiger partial charge in [-0.05, 0) is 32.3 Å². The van der Waals surface area contributed by atoms with E-state index in [4.69, 9.17) is 5.73 Å². The number of primary amides is 1. The lowest BCUT2D eigenvalue weighted by Gasteiger charge is -2.29. The number of rotatable bonds is 13. The lowest BCUT2D eigenvalue weighted by Crippen LogP contribution is -2.61. The fourth-order valence-electron chi connectivity index (χ4n) is 3.24. The van der Waals surface area contributed by atoms with Crippen LogP contribution in [0.2, 0.25) is 0 Å². The summed E-state index contributed by atoms with van der Waals surface area (Å²) in [5.74, 6) is -4.91. The Morgan fingerprint density at radius 2 is 1.50 bits per heavy atom. The molecule has 198 valence electrons. The summed E-state index contributed by atoms with van der Waals surface area (Å²) < 4.78 is 0. The number of Topliss-reactive ketones (excluding diaryl/α,β-unsaturated/α-hetero) is 1. The Bertz CT molecular complexity index is 978. The predicted molar refractivity (Wildman–Crippen MR) is 133 cm³/mol. The monoisotopic (exact) mass is 503 g/mol. The van der Waals surface area contributed by atoms with Crippen LogP contribution in [0.3, 0.4) is 0 Å². The quantitative estimate of drug-likeness (QED) is 0.231. The molecule has 11 heteroatoms. The summed E-state index contributed by atoms with van der Waals surface area (Å²) in [6.45, 7) is 8.96. The number of ketones is 1. The van der Waals surface area contributed by atoms with Gasteiger partial charge in [0.05, 0.1) is 6.04 Å². The van der Waals surface area contributed by atoms with Crippen molar-refractivity contribution in [3.63, 3.8) is 0 Å². The zero-order valence-corrected chi connectivity index (χ0v) is 21.6. The summed E-state index contributed by atoms with van der Waals surface area (Å²) in [6.07, 6.45) is 0.680. The molecule has 0 fully saturated rings. The van der Waals surface area contributed by atoms with Gasteiger partial charge in [0.1, 0.15) is 17.6 Å². The third-order valence-electron chi connectivity index (χ3n) is 5.79. The highest BCUT2D eigenvalue weighted by molar-refractivity contribution is 6.38. The molecule has 1 unspecified atom stereocenters. The number of nitrogens with two attached hydrogens (primary N) is 1. The van der Waals surface area contributed by atoms with Gasteiger partial charge < -0.3 is 27.0 Å². The number of amides is 5. The zero-order chi connectivity index (χ0) is 27.6. The topological polar surface area (TPSA) is 177 Å². The van der Waals surface area contributed by atoms with Gasteiger partial charge in [0.25, 0.3) is 5.91 Å². The Morgan fingerprint density at radius 1 is 0.917 bits per heavy atom. The standard InChI is InChI=1S/C25H37N5O6/c1-7-14(2)19(22(34)30-25(5,6)24(26)36)29-23(35)20(32)15(3)27-21(33)18(28-16(4)31)13-17-11-9-8-10-12-17/h8-12,14-15,18-19H,7,13H2,1-6H3,(H2,26,36)(H,27,33)(H,28,31)(H,29,35)(H,30,34)/t14-,15?,18-,19-/m0/s1. The molecule has 1 rings (SSSR count). The lowest BCUT2D eigenvalue weighted by atomic mass is 9.96. The summed E-state index contributed by atoms with van der Waals surface area (Å²) in [4.78, 5) is 74.2. The fourth-order valence-corrected chi connectivity index (χ4v) is 3.24. The van der Waals surface area contributed by atoms with Gasteiger partial charge in [-0.2, -0.15) is 0 Å². The van der Waals surface area contributed by atoms with Crippen LogP contribution in [-0.4, -0.2) is 59.0 Å². The molecule has 6 N–H and O–H groups in total. The highest BCUT2D eigenvalue weighted by atomic mass is 16.2. The van der Waals surface area contributed by atoms with Gasteiger partial charge in [-0.15, -0.1) is 0 Å². The molecule has 0 radical (unpaired) electrons. The molecule has 0 saturated carbocycles. The van der Waals surface area contributed by atoms with E-state index in [0.717, 1.165) is 5.56 Å². The van der Waals surface area contributed by atoms with E-state index in [-0.39, 0.29) is 12.3 Å². The minimum absolute atomic E-state index is 0.186. The molecule has 5 amide bonds. The maximum atomic E-state index is 12.8. The third-order valence-corrected chi connectivity index (χ3v) is 5.79. The molecule has 0 spiro atoms. The largest absolute Gasteiger partial charge is 0.368 e. The van der Waals surface area contributed by atoms with Gasteiger partial charge in [-0.25, -0.2) is 0 Å². The predicted octanol–water partition coefficient (Wildman–Crippen LogP) is -0.281. The van der Waals surface area contributed by atoms with E-state index >= 15 is 0 Å². The Kier molecular flexibility index (Phi) is 11.2. The van der Waals surface area contributed by atoms with Crippen LogP contribution in [0.25, 0.3) is 0 Å². The van der Waals surface area contributed by atoms with Crippen molar-refractivity contribution in [3.8, 4) is 0 Å². The summed E-state index contributed by atoms with van der Waals surface area (Å²) in [7, 11) is 0. The van der Waals surface area contributed by atoms with E-state index < -0.39 is 59.0 Å². The van der Waals surface area contributed by atoms with Crippen molar-refractivity contribution in [1.29, 1.82) is 0 Å².